The first kappa shape index (κ1) is 19.0. The van der Waals surface area contributed by atoms with Gasteiger partial charge in [-0.15, -0.1) is 0 Å². The molecule has 3 rings (SSSR count). The maximum absolute atomic E-state index is 12.8. The van der Waals surface area contributed by atoms with Crippen molar-refractivity contribution < 1.29 is 19.5 Å². The Hall–Kier alpha value is -1.79. The smallest absolute Gasteiger partial charge is 0.326 e. The lowest BCUT2D eigenvalue weighted by molar-refractivity contribution is -0.150. The molecule has 2 N–H and O–H groups in total. The van der Waals surface area contributed by atoms with E-state index in [0.29, 0.717) is 6.54 Å². The summed E-state index contributed by atoms with van der Waals surface area (Å²) in [6.45, 7) is 1.98. The summed E-state index contributed by atoms with van der Waals surface area (Å²) < 4.78 is 0. The van der Waals surface area contributed by atoms with Crippen molar-refractivity contribution >= 4 is 41.0 Å². The normalized spacial score (nSPS) is 25.7. The highest BCUT2D eigenvalue weighted by Crippen LogP contribution is 2.42. The van der Waals surface area contributed by atoms with E-state index in [-0.39, 0.29) is 27.4 Å². The Morgan fingerprint density at radius 1 is 1.27 bits per heavy atom. The Balaban J connectivity index is 1.72. The summed E-state index contributed by atoms with van der Waals surface area (Å²) in [5.74, 6) is -1.67. The van der Waals surface area contributed by atoms with Crippen LogP contribution >= 0.6 is 23.2 Å². The van der Waals surface area contributed by atoms with Crippen LogP contribution in [0.15, 0.2) is 18.2 Å². The minimum atomic E-state index is -0.982. The molecule has 4 unspecified atom stereocenters. The first-order valence-corrected chi connectivity index (χ1v) is 9.35. The predicted molar refractivity (Wildman–Crippen MR) is 97.4 cm³/mol. The number of hydrogen-bond acceptors (Lipinski definition) is 3. The molecule has 26 heavy (non-hydrogen) atoms. The molecule has 140 valence electrons. The molecule has 6 nitrogen and oxygen atoms in total. The first-order chi connectivity index (χ1) is 12.3. The fourth-order valence-electron chi connectivity index (χ4n) is 4.11. The van der Waals surface area contributed by atoms with Crippen LogP contribution in [0.5, 0.6) is 0 Å². The van der Waals surface area contributed by atoms with E-state index in [2.05, 4.69) is 5.32 Å². The fourth-order valence-corrected chi connectivity index (χ4v) is 4.50. The number of carbonyl (C=O) groups excluding carboxylic acids is 2. The van der Waals surface area contributed by atoms with Crippen LogP contribution in [0.25, 0.3) is 0 Å². The molecular weight excluding hydrogens is 379 g/mol. The van der Waals surface area contributed by atoms with Gasteiger partial charge in [-0.05, 0) is 43.7 Å². The minimum Gasteiger partial charge on any atom is -0.480 e. The summed E-state index contributed by atoms with van der Waals surface area (Å²) in [5.41, 5.74) is 0.173. The zero-order valence-electron chi connectivity index (χ0n) is 14.2. The molecule has 0 spiro atoms. The van der Waals surface area contributed by atoms with Crippen LogP contribution in [-0.2, 0) is 9.59 Å². The molecule has 1 aromatic rings. The van der Waals surface area contributed by atoms with Crippen molar-refractivity contribution in [1.82, 2.24) is 10.2 Å². The monoisotopic (exact) mass is 398 g/mol. The summed E-state index contributed by atoms with van der Waals surface area (Å²) in [5, 5.41) is 12.5. The van der Waals surface area contributed by atoms with Crippen LogP contribution in [0.2, 0.25) is 10.0 Å². The number of rotatable bonds is 4. The van der Waals surface area contributed by atoms with Crippen LogP contribution in [0.3, 0.4) is 0 Å². The highest BCUT2D eigenvalue weighted by atomic mass is 35.5. The summed E-state index contributed by atoms with van der Waals surface area (Å²) in [4.78, 5) is 38.3. The summed E-state index contributed by atoms with van der Waals surface area (Å²) in [6, 6.07) is 3.00. The van der Waals surface area contributed by atoms with E-state index < -0.39 is 29.9 Å². The third-order valence-corrected chi connectivity index (χ3v) is 6.16. The molecule has 1 saturated carbocycles. The van der Waals surface area contributed by atoms with E-state index in [1.807, 2.05) is 0 Å². The van der Waals surface area contributed by atoms with Crippen LogP contribution < -0.4 is 5.32 Å². The lowest BCUT2D eigenvalue weighted by Crippen LogP contribution is -2.51. The quantitative estimate of drug-likeness (QED) is 0.815. The summed E-state index contributed by atoms with van der Waals surface area (Å²) in [6.07, 6.45) is 2.77. The van der Waals surface area contributed by atoms with Crippen molar-refractivity contribution in [3.05, 3.63) is 33.8 Å². The van der Waals surface area contributed by atoms with Crippen molar-refractivity contribution in [2.45, 2.75) is 38.3 Å². The van der Waals surface area contributed by atoms with E-state index >= 15 is 0 Å². The molecule has 1 aromatic carbocycles. The Kier molecular flexibility index (Phi) is 5.44. The predicted octanol–water partition coefficient (Wildman–Crippen LogP) is 2.82. The Morgan fingerprint density at radius 2 is 2.00 bits per heavy atom. The Bertz CT molecular complexity index is 755. The fraction of sp³-hybridized carbons (Fsp3) is 0.500. The number of aliphatic carboxylic acids is 1. The number of nitrogens with zero attached hydrogens (tertiary/aromatic N) is 1. The number of nitrogens with one attached hydrogen (secondary N) is 1. The van der Waals surface area contributed by atoms with Crippen molar-refractivity contribution in [1.29, 1.82) is 0 Å². The van der Waals surface area contributed by atoms with Crippen LogP contribution in [0, 0.1) is 11.8 Å². The van der Waals surface area contributed by atoms with Gasteiger partial charge in [0.05, 0.1) is 15.6 Å². The number of carboxylic acid groups (broad SMARTS) is 1. The molecule has 0 bridgehead atoms. The van der Waals surface area contributed by atoms with Gasteiger partial charge in [0.1, 0.15) is 12.1 Å². The third kappa shape index (κ3) is 3.40. The topological polar surface area (TPSA) is 86.7 Å². The largest absolute Gasteiger partial charge is 0.480 e. The van der Waals surface area contributed by atoms with Crippen molar-refractivity contribution in [2.75, 3.05) is 6.54 Å². The van der Waals surface area contributed by atoms with Gasteiger partial charge in [-0.2, -0.15) is 0 Å². The number of hydrogen-bond donors (Lipinski definition) is 2. The zero-order valence-corrected chi connectivity index (χ0v) is 15.8. The van der Waals surface area contributed by atoms with Crippen molar-refractivity contribution in [2.24, 2.45) is 11.8 Å². The lowest BCUT2D eigenvalue weighted by atomic mass is 9.94. The number of carboxylic acids is 1. The molecule has 0 aromatic heterocycles. The molecule has 2 amide bonds. The van der Waals surface area contributed by atoms with E-state index in [9.17, 15) is 19.5 Å². The minimum absolute atomic E-state index is 0.00160. The zero-order chi connectivity index (χ0) is 19.0. The van der Waals surface area contributed by atoms with E-state index in [4.69, 9.17) is 23.2 Å². The number of fused-ring (bicyclic) bond motifs is 1. The second-order valence-corrected chi connectivity index (χ2v) is 7.71. The second-order valence-electron chi connectivity index (χ2n) is 6.93. The van der Waals surface area contributed by atoms with E-state index in [1.54, 1.807) is 19.1 Å². The van der Waals surface area contributed by atoms with Crippen LogP contribution in [0.1, 0.15) is 36.5 Å². The van der Waals surface area contributed by atoms with Gasteiger partial charge < -0.3 is 15.3 Å². The van der Waals surface area contributed by atoms with Gasteiger partial charge >= 0.3 is 5.97 Å². The number of halogens is 2. The number of carbonyl (C=O) groups is 3. The van der Waals surface area contributed by atoms with E-state index in [0.717, 1.165) is 19.3 Å². The van der Waals surface area contributed by atoms with Crippen molar-refractivity contribution in [3.63, 3.8) is 0 Å². The molecule has 2 aliphatic rings. The SMILES string of the molecule is CC(NC(=O)c1cccc(Cl)c1Cl)C(=O)N1CC2CCCC2C1C(=O)O. The molecule has 1 saturated heterocycles. The summed E-state index contributed by atoms with van der Waals surface area (Å²) in [7, 11) is 0. The molecular formula is C18H20Cl2N2O4. The molecule has 1 aliphatic heterocycles. The van der Waals surface area contributed by atoms with Gasteiger partial charge in [-0.25, -0.2) is 4.79 Å². The Labute approximate surface area is 161 Å². The maximum Gasteiger partial charge on any atom is 0.326 e. The lowest BCUT2D eigenvalue weighted by Gasteiger charge is -2.27. The molecule has 0 radical (unpaired) electrons. The van der Waals surface area contributed by atoms with Gasteiger partial charge in [-0.1, -0.05) is 35.7 Å². The number of likely N-dealkylation sites (tertiary alicyclic amines) is 1. The Morgan fingerprint density at radius 3 is 2.69 bits per heavy atom. The van der Waals surface area contributed by atoms with Gasteiger partial charge in [0.2, 0.25) is 5.91 Å². The second kappa shape index (κ2) is 7.45. The molecule has 1 aliphatic carbocycles. The van der Waals surface area contributed by atoms with Gasteiger partial charge in [-0.3, -0.25) is 9.59 Å². The van der Waals surface area contributed by atoms with Crippen LogP contribution in [-0.4, -0.2) is 46.4 Å². The van der Waals surface area contributed by atoms with E-state index in [1.165, 1.54) is 11.0 Å². The molecule has 4 atom stereocenters. The molecule has 1 heterocycles. The van der Waals surface area contributed by atoms with Crippen molar-refractivity contribution in [3.8, 4) is 0 Å². The molecule has 2 fully saturated rings. The first-order valence-electron chi connectivity index (χ1n) is 8.59. The average Bonchev–Trinajstić information content (AvgIpc) is 3.16. The highest BCUT2D eigenvalue weighted by Gasteiger charge is 2.50. The van der Waals surface area contributed by atoms with Gasteiger partial charge in [0.15, 0.2) is 0 Å². The van der Waals surface area contributed by atoms with Crippen LogP contribution in [0.4, 0.5) is 0 Å². The molecule has 8 heteroatoms. The number of benzene rings is 1. The number of amides is 2. The maximum atomic E-state index is 12.8. The standard InChI is InChI=1S/C18H20Cl2N2O4/c1-9(21-16(23)12-6-3-7-13(19)14(12)20)17(24)22-8-10-4-2-5-11(10)15(22)18(25)26/h3,6-7,9-11,15H,2,4-5,8H2,1H3,(H,21,23)(H,25,26). The average molecular weight is 399 g/mol. The van der Waals surface area contributed by atoms with Gasteiger partial charge in [0, 0.05) is 6.54 Å². The highest BCUT2D eigenvalue weighted by molar-refractivity contribution is 6.43. The third-order valence-electron chi connectivity index (χ3n) is 5.34. The summed E-state index contributed by atoms with van der Waals surface area (Å²) >= 11 is 12.0. The van der Waals surface area contributed by atoms with Gasteiger partial charge in [0.25, 0.3) is 5.91 Å².